The van der Waals surface area contributed by atoms with E-state index >= 15 is 0 Å². The van der Waals surface area contributed by atoms with Crippen molar-refractivity contribution in [2.24, 2.45) is 0 Å². The molecule has 5 rings (SSSR count). The molecule has 0 saturated heterocycles. The SMILES string of the molecule is CC[C@H](NC(=O)c1cc2ccccc2n1Cc1cccc(-c2cccc(C(=O)OC(C)(C)C)c2)c1)c1ccccc1. The van der Waals surface area contributed by atoms with Gasteiger partial charge in [0.2, 0.25) is 0 Å². The summed E-state index contributed by atoms with van der Waals surface area (Å²) in [5.41, 5.74) is 5.64. The number of hydrogen-bond donors (Lipinski definition) is 1. The van der Waals surface area contributed by atoms with Crippen molar-refractivity contribution in [3.63, 3.8) is 0 Å². The molecule has 0 unspecified atom stereocenters. The maximum Gasteiger partial charge on any atom is 0.338 e. The largest absolute Gasteiger partial charge is 0.456 e. The van der Waals surface area contributed by atoms with Crippen molar-refractivity contribution < 1.29 is 14.3 Å². The van der Waals surface area contributed by atoms with Gasteiger partial charge in [-0.3, -0.25) is 4.79 Å². The number of carbonyl (C=O) groups is 2. The van der Waals surface area contributed by atoms with Gasteiger partial charge in [-0.2, -0.15) is 0 Å². The molecule has 0 aliphatic heterocycles. The first-order chi connectivity index (χ1) is 19.7. The molecule has 0 radical (unpaired) electrons. The van der Waals surface area contributed by atoms with Crippen LogP contribution in [0.5, 0.6) is 0 Å². The third-order valence-corrected chi connectivity index (χ3v) is 7.06. The van der Waals surface area contributed by atoms with Crippen molar-refractivity contribution in [3.05, 3.63) is 132 Å². The minimum absolute atomic E-state index is 0.0734. The molecule has 41 heavy (non-hydrogen) atoms. The normalized spacial score (nSPS) is 12.2. The van der Waals surface area contributed by atoms with Crippen LogP contribution < -0.4 is 5.32 Å². The summed E-state index contributed by atoms with van der Waals surface area (Å²) in [5.74, 6) is -0.441. The standard InChI is InChI=1S/C36H36N2O3/c1-5-31(26-14-7-6-8-15-26)37-34(39)33-23-29-16-9-10-20-32(29)38(33)24-25-13-11-17-27(21-25)28-18-12-19-30(22-28)35(40)41-36(2,3)4/h6-23,31H,5,24H2,1-4H3,(H,37,39)/t31-/m0/s1. The summed E-state index contributed by atoms with van der Waals surface area (Å²) in [7, 11) is 0. The van der Waals surface area contributed by atoms with Crippen LogP contribution in [0.2, 0.25) is 0 Å². The van der Waals surface area contributed by atoms with Gasteiger partial charge in [-0.15, -0.1) is 0 Å². The number of amides is 1. The number of carbonyl (C=O) groups excluding carboxylic acids is 2. The molecule has 1 N–H and O–H groups in total. The van der Waals surface area contributed by atoms with E-state index in [1.807, 2.05) is 106 Å². The van der Waals surface area contributed by atoms with Crippen molar-refractivity contribution >= 4 is 22.8 Å². The van der Waals surface area contributed by atoms with Gasteiger partial charge in [0, 0.05) is 17.4 Å². The van der Waals surface area contributed by atoms with Gasteiger partial charge in [-0.1, -0.05) is 85.8 Å². The van der Waals surface area contributed by atoms with Crippen molar-refractivity contribution in [2.75, 3.05) is 0 Å². The fourth-order valence-corrected chi connectivity index (χ4v) is 5.10. The second-order valence-corrected chi connectivity index (χ2v) is 11.3. The highest BCUT2D eigenvalue weighted by atomic mass is 16.6. The highest BCUT2D eigenvalue weighted by Crippen LogP contribution is 2.26. The van der Waals surface area contributed by atoms with Crippen LogP contribution in [0.15, 0.2) is 109 Å². The highest BCUT2D eigenvalue weighted by molar-refractivity contribution is 5.99. The second kappa shape index (κ2) is 11.8. The Balaban J connectivity index is 1.45. The summed E-state index contributed by atoms with van der Waals surface area (Å²) in [5, 5.41) is 4.27. The van der Waals surface area contributed by atoms with E-state index in [1.165, 1.54) is 0 Å². The third-order valence-electron chi connectivity index (χ3n) is 7.06. The first-order valence-corrected chi connectivity index (χ1v) is 14.1. The van der Waals surface area contributed by atoms with Gasteiger partial charge in [-0.25, -0.2) is 4.79 Å². The lowest BCUT2D eigenvalue weighted by Gasteiger charge is -2.19. The third kappa shape index (κ3) is 6.58. The Kier molecular flexibility index (Phi) is 8.06. The fraction of sp³-hybridized carbons (Fsp3) is 0.222. The zero-order valence-corrected chi connectivity index (χ0v) is 24.1. The quantitative estimate of drug-likeness (QED) is 0.200. The summed E-state index contributed by atoms with van der Waals surface area (Å²) in [6.45, 7) is 8.19. The van der Waals surface area contributed by atoms with Gasteiger partial charge in [0.1, 0.15) is 11.3 Å². The van der Waals surface area contributed by atoms with Gasteiger partial charge < -0.3 is 14.6 Å². The van der Waals surface area contributed by atoms with Crippen LogP contribution in [-0.4, -0.2) is 22.0 Å². The molecule has 0 spiro atoms. The second-order valence-electron chi connectivity index (χ2n) is 11.3. The summed E-state index contributed by atoms with van der Waals surface area (Å²) in [4.78, 5) is 26.4. The van der Waals surface area contributed by atoms with E-state index in [9.17, 15) is 9.59 Å². The molecule has 208 valence electrons. The lowest BCUT2D eigenvalue weighted by molar-refractivity contribution is 0.00694. The molecule has 0 saturated carbocycles. The van der Waals surface area contributed by atoms with Crippen molar-refractivity contribution in [1.29, 1.82) is 0 Å². The number of nitrogens with zero attached hydrogens (tertiary/aromatic N) is 1. The maximum atomic E-state index is 13.7. The lowest BCUT2D eigenvalue weighted by atomic mass is 10.0. The average molecular weight is 545 g/mol. The molecular formula is C36H36N2O3. The van der Waals surface area contributed by atoms with E-state index in [1.54, 1.807) is 6.07 Å². The Labute approximate surface area is 241 Å². The Morgan fingerprint density at radius 2 is 1.49 bits per heavy atom. The topological polar surface area (TPSA) is 60.3 Å². The zero-order valence-electron chi connectivity index (χ0n) is 24.1. The number of aromatic nitrogens is 1. The summed E-state index contributed by atoms with van der Waals surface area (Å²) < 4.78 is 7.65. The number of rotatable bonds is 8. The molecule has 0 aliphatic carbocycles. The van der Waals surface area contributed by atoms with E-state index in [-0.39, 0.29) is 17.9 Å². The Morgan fingerprint density at radius 3 is 2.22 bits per heavy atom. The van der Waals surface area contributed by atoms with E-state index in [0.717, 1.165) is 39.6 Å². The van der Waals surface area contributed by atoms with Crippen molar-refractivity contribution in [2.45, 2.75) is 52.3 Å². The molecule has 5 nitrogen and oxygen atoms in total. The first-order valence-electron chi connectivity index (χ1n) is 14.1. The minimum Gasteiger partial charge on any atom is -0.456 e. The predicted molar refractivity (Wildman–Crippen MR) is 165 cm³/mol. The molecule has 1 aromatic heterocycles. The number of fused-ring (bicyclic) bond motifs is 1. The highest BCUT2D eigenvalue weighted by Gasteiger charge is 2.20. The molecule has 4 aromatic carbocycles. The van der Waals surface area contributed by atoms with E-state index in [0.29, 0.717) is 17.8 Å². The van der Waals surface area contributed by atoms with Gasteiger partial charge in [-0.05, 0) is 79.8 Å². The summed E-state index contributed by atoms with van der Waals surface area (Å²) in [6, 6.07) is 35.8. The summed E-state index contributed by atoms with van der Waals surface area (Å²) in [6.07, 6.45) is 0.792. The Bertz CT molecular complexity index is 1680. The van der Waals surface area contributed by atoms with Gasteiger partial charge in [0.25, 0.3) is 5.91 Å². The average Bonchev–Trinajstić information content (AvgIpc) is 3.34. The number of esters is 1. The van der Waals surface area contributed by atoms with Crippen LogP contribution >= 0.6 is 0 Å². The minimum atomic E-state index is -0.561. The smallest absolute Gasteiger partial charge is 0.338 e. The number of hydrogen-bond acceptors (Lipinski definition) is 3. The van der Waals surface area contributed by atoms with Crippen molar-refractivity contribution in [1.82, 2.24) is 9.88 Å². The van der Waals surface area contributed by atoms with Crippen LogP contribution in [0.1, 0.15) is 72.1 Å². The number of ether oxygens (including phenoxy) is 1. The molecule has 1 heterocycles. The van der Waals surface area contributed by atoms with Crippen LogP contribution in [0.4, 0.5) is 0 Å². The van der Waals surface area contributed by atoms with Crippen LogP contribution in [0, 0.1) is 0 Å². The van der Waals surface area contributed by atoms with Gasteiger partial charge in [0.15, 0.2) is 0 Å². The van der Waals surface area contributed by atoms with Crippen molar-refractivity contribution in [3.8, 4) is 11.1 Å². The molecule has 1 atom stereocenters. The molecule has 5 aromatic rings. The zero-order chi connectivity index (χ0) is 29.0. The molecule has 5 heteroatoms. The number of para-hydroxylation sites is 1. The molecule has 0 aliphatic rings. The Hall–Kier alpha value is -4.64. The Morgan fingerprint density at radius 1 is 0.805 bits per heavy atom. The molecule has 0 fully saturated rings. The molecule has 0 bridgehead atoms. The molecular weight excluding hydrogens is 508 g/mol. The first kappa shape index (κ1) is 27.9. The van der Waals surface area contributed by atoms with Gasteiger partial charge in [0.05, 0.1) is 11.6 Å². The maximum absolute atomic E-state index is 13.7. The van der Waals surface area contributed by atoms with Crippen LogP contribution in [0.3, 0.4) is 0 Å². The van der Waals surface area contributed by atoms with E-state index in [4.69, 9.17) is 4.74 Å². The number of nitrogens with one attached hydrogen (secondary N) is 1. The fourth-order valence-electron chi connectivity index (χ4n) is 5.10. The van der Waals surface area contributed by atoms with Crippen LogP contribution in [0.25, 0.3) is 22.0 Å². The molecule has 1 amide bonds. The van der Waals surface area contributed by atoms with Crippen LogP contribution in [-0.2, 0) is 11.3 Å². The predicted octanol–water partition coefficient (Wildman–Crippen LogP) is 8.19. The van der Waals surface area contributed by atoms with E-state index < -0.39 is 5.60 Å². The summed E-state index contributed by atoms with van der Waals surface area (Å²) >= 11 is 0. The monoisotopic (exact) mass is 544 g/mol. The van der Waals surface area contributed by atoms with E-state index in [2.05, 4.69) is 35.0 Å². The number of benzene rings is 4. The lowest BCUT2D eigenvalue weighted by Crippen LogP contribution is -2.30. The van der Waals surface area contributed by atoms with Gasteiger partial charge >= 0.3 is 5.97 Å².